The number of hydrogen-bond acceptors (Lipinski definition) is 4. The maximum atomic E-state index is 12.9. The highest BCUT2D eigenvalue weighted by Crippen LogP contribution is 2.41. The van der Waals surface area contributed by atoms with Crippen molar-refractivity contribution in [2.24, 2.45) is 0 Å². The molecule has 0 amide bonds. The Morgan fingerprint density at radius 3 is 2.31 bits per heavy atom. The average Bonchev–Trinajstić information content (AvgIpc) is 2.66. The van der Waals surface area contributed by atoms with Crippen molar-refractivity contribution in [3.05, 3.63) is 81.2 Å². The molecule has 0 saturated carbocycles. The van der Waals surface area contributed by atoms with Crippen LogP contribution in [-0.2, 0) is 9.53 Å². The lowest BCUT2D eigenvalue weighted by molar-refractivity contribution is -0.138. The van der Waals surface area contributed by atoms with E-state index in [1.54, 1.807) is 19.1 Å². The van der Waals surface area contributed by atoms with Crippen LogP contribution < -0.4 is 0 Å². The van der Waals surface area contributed by atoms with Gasteiger partial charge in [-0.25, -0.2) is 4.79 Å². The molecule has 4 nitrogen and oxygen atoms in total. The summed E-state index contributed by atoms with van der Waals surface area (Å²) in [6, 6.07) is 7.48. The second kappa shape index (κ2) is 10.5. The number of carbonyl (C=O) groups is 1. The number of allylic oxidation sites excluding steroid dienone is 5. The van der Waals surface area contributed by atoms with Crippen LogP contribution in [0.5, 0.6) is 0 Å². The van der Waals surface area contributed by atoms with Crippen molar-refractivity contribution in [3.63, 3.8) is 0 Å². The molecule has 0 aliphatic rings. The van der Waals surface area contributed by atoms with Crippen LogP contribution in [0.3, 0.4) is 0 Å². The minimum Gasteiger partial charge on any atom is -0.508 e. The summed E-state index contributed by atoms with van der Waals surface area (Å²) in [7, 11) is 0. The van der Waals surface area contributed by atoms with Crippen molar-refractivity contribution in [1.82, 2.24) is 0 Å². The monoisotopic (exact) mass is 393 g/mol. The first kappa shape index (κ1) is 24.0. The Kier molecular flexibility index (Phi) is 8.66. The third-order valence-corrected chi connectivity index (χ3v) is 5.06. The summed E-state index contributed by atoms with van der Waals surface area (Å²) in [5.74, 6) is -1.09. The van der Waals surface area contributed by atoms with E-state index in [4.69, 9.17) is 4.74 Å². The highest BCUT2D eigenvalue weighted by molar-refractivity contribution is 5.92. The fraction of sp³-hybridized carbons (Fsp3) is 0.360. The SMILES string of the molecule is C=C(O)/C(=C(C)\C(C)=C/C)[C@@H](C(C(=O)OCC)=C(C)C)c1ccc(C#N)cc1C. The molecule has 1 atom stereocenters. The summed E-state index contributed by atoms with van der Waals surface area (Å²) in [5.41, 5.74) is 5.85. The van der Waals surface area contributed by atoms with Crippen LogP contribution in [0.25, 0.3) is 0 Å². The standard InChI is InChI=1S/C25H31NO3/c1-9-16(5)18(7)23(19(8)27)24(22(15(3)4)25(28)29-10-2)21-12-11-20(14-26)13-17(21)6/h9,11-13,24,27H,8,10H2,1-7H3/b16-9-,23-18+/t24-/m1/s1. The molecule has 0 spiro atoms. The van der Waals surface area contributed by atoms with Crippen molar-refractivity contribution >= 4 is 5.97 Å². The molecule has 0 aliphatic carbocycles. The second-order valence-corrected chi connectivity index (χ2v) is 7.21. The van der Waals surface area contributed by atoms with Gasteiger partial charge in [0.15, 0.2) is 0 Å². The summed E-state index contributed by atoms with van der Waals surface area (Å²) in [6.07, 6.45) is 1.95. The van der Waals surface area contributed by atoms with E-state index in [0.29, 0.717) is 16.7 Å². The number of carbonyl (C=O) groups excluding carboxylic acids is 1. The fourth-order valence-corrected chi connectivity index (χ4v) is 3.37. The van der Waals surface area contributed by atoms with Gasteiger partial charge in [0, 0.05) is 17.1 Å². The normalized spacial score (nSPS) is 13.1. The van der Waals surface area contributed by atoms with Crippen molar-refractivity contribution in [2.45, 2.75) is 54.4 Å². The van der Waals surface area contributed by atoms with E-state index in [1.165, 1.54) is 0 Å². The number of hydrogen-bond donors (Lipinski definition) is 1. The highest BCUT2D eigenvalue weighted by atomic mass is 16.5. The van der Waals surface area contributed by atoms with Gasteiger partial charge in [-0.05, 0) is 77.3 Å². The average molecular weight is 394 g/mol. The molecule has 1 aromatic carbocycles. The molecule has 0 radical (unpaired) electrons. The van der Waals surface area contributed by atoms with Gasteiger partial charge in [0.25, 0.3) is 0 Å². The number of benzene rings is 1. The Bertz CT molecular complexity index is 935. The predicted molar refractivity (Wildman–Crippen MR) is 118 cm³/mol. The summed E-state index contributed by atoms with van der Waals surface area (Å²) < 4.78 is 5.35. The summed E-state index contributed by atoms with van der Waals surface area (Å²) in [5, 5.41) is 19.8. The van der Waals surface area contributed by atoms with Crippen molar-refractivity contribution in [2.75, 3.05) is 6.61 Å². The van der Waals surface area contributed by atoms with Crippen LogP contribution >= 0.6 is 0 Å². The third-order valence-electron chi connectivity index (χ3n) is 5.06. The Hall–Kier alpha value is -3.06. The molecule has 0 saturated heterocycles. The number of esters is 1. The van der Waals surface area contributed by atoms with Crippen molar-refractivity contribution in [1.29, 1.82) is 5.26 Å². The van der Waals surface area contributed by atoms with Gasteiger partial charge < -0.3 is 9.84 Å². The highest BCUT2D eigenvalue weighted by Gasteiger charge is 2.32. The maximum absolute atomic E-state index is 12.9. The van der Waals surface area contributed by atoms with Crippen LogP contribution in [0.2, 0.25) is 0 Å². The number of ether oxygens (including phenoxy) is 1. The number of aliphatic hydroxyl groups is 1. The Morgan fingerprint density at radius 2 is 1.90 bits per heavy atom. The van der Waals surface area contributed by atoms with Gasteiger partial charge in [-0.3, -0.25) is 0 Å². The molecule has 0 heterocycles. The molecule has 0 aliphatic heterocycles. The largest absolute Gasteiger partial charge is 0.508 e. The van der Waals surface area contributed by atoms with Crippen molar-refractivity contribution in [3.8, 4) is 6.07 Å². The Morgan fingerprint density at radius 1 is 1.28 bits per heavy atom. The lowest BCUT2D eigenvalue weighted by Gasteiger charge is -2.27. The predicted octanol–water partition coefficient (Wildman–Crippen LogP) is 6.20. The smallest absolute Gasteiger partial charge is 0.334 e. The van der Waals surface area contributed by atoms with Crippen LogP contribution in [0.1, 0.15) is 64.2 Å². The second-order valence-electron chi connectivity index (χ2n) is 7.21. The Labute approximate surface area is 174 Å². The zero-order chi connectivity index (χ0) is 22.3. The van der Waals surface area contributed by atoms with E-state index < -0.39 is 11.9 Å². The van der Waals surface area contributed by atoms with Gasteiger partial charge in [-0.1, -0.05) is 29.9 Å². The summed E-state index contributed by atoms with van der Waals surface area (Å²) >= 11 is 0. The molecular weight excluding hydrogens is 362 g/mol. The molecule has 0 bridgehead atoms. The van der Waals surface area contributed by atoms with Crippen LogP contribution in [-0.4, -0.2) is 17.7 Å². The molecule has 1 aromatic rings. The van der Waals surface area contributed by atoms with Gasteiger partial charge in [0.2, 0.25) is 0 Å². The van der Waals surface area contributed by atoms with Crippen molar-refractivity contribution < 1.29 is 14.6 Å². The first-order valence-corrected chi connectivity index (χ1v) is 9.67. The molecular formula is C25H31NO3. The lowest BCUT2D eigenvalue weighted by atomic mass is 9.77. The van der Waals surface area contributed by atoms with E-state index in [-0.39, 0.29) is 12.4 Å². The van der Waals surface area contributed by atoms with E-state index in [1.807, 2.05) is 53.7 Å². The van der Waals surface area contributed by atoms with Crippen LogP contribution in [0.15, 0.2) is 64.5 Å². The Balaban J connectivity index is 4.03. The molecule has 0 fully saturated rings. The zero-order valence-electron chi connectivity index (χ0n) is 18.5. The van der Waals surface area contributed by atoms with Gasteiger partial charge in [-0.2, -0.15) is 5.26 Å². The van der Waals surface area contributed by atoms with Crippen LogP contribution in [0.4, 0.5) is 0 Å². The van der Waals surface area contributed by atoms with Crippen LogP contribution in [0, 0.1) is 18.3 Å². The molecule has 1 rings (SSSR count). The lowest BCUT2D eigenvalue weighted by Crippen LogP contribution is -2.20. The summed E-state index contributed by atoms with van der Waals surface area (Å²) in [4.78, 5) is 12.9. The minimum atomic E-state index is -0.570. The summed E-state index contributed by atoms with van der Waals surface area (Å²) in [6.45, 7) is 17.2. The maximum Gasteiger partial charge on any atom is 0.334 e. The van der Waals surface area contributed by atoms with Gasteiger partial charge in [0.1, 0.15) is 5.76 Å². The molecule has 154 valence electrons. The van der Waals surface area contributed by atoms with E-state index in [2.05, 4.69) is 12.6 Å². The molecule has 4 heteroatoms. The first-order valence-electron chi connectivity index (χ1n) is 9.67. The van der Waals surface area contributed by atoms with Gasteiger partial charge in [-0.15, -0.1) is 0 Å². The number of aliphatic hydroxyl groups excluding tert-OH is 1. The zero-order valence-corrected chi connectivity index (χ0v) is 18.5. The minimum absolute atomic E-state index is 0.0968. The molecule has 1 N–H and O–H groups in total. The molecule has 0 aromatic heterocycles. The number of nitrogens with zero attached hydrogens (tertiary/aromatic N) is 1. The quantitative estimate of drug-likeness (QED) is 0.259. The van der Waals surface area contributed by atoms with Gasteiger partial charge >= 0.3 is 5.97 Å². The molecule has 29 heavy (non-hydrogen) atoms. The van der Waals surface area contributed by atoms with E-state index in [0.717, 1.165) is 27.8 Å². The third kappa shape index (κ3) is 5.48. The molecule has 0 unspecified atom stereocenters. The number of aryl methyl sites for hydroxylation is 1. The fourth-order valence-electron chi connectivity index (χ4n) is 3.37. The topological polar surface area (TPSA) is 70.3 Å². The number of rotatable bonds is 7. The number of nitriles is 1. The van der Waals surface area contributed by atoms with Gasteiger partial charge in [0.05, 0.1) is 18.2 Å². The van der Waals surface area contributed by atoms with E-state index >= 15 is 0 Å². The first-order chi connectivity index (χ1) is 13.6. The van der Waals surface area contributed by atoms with E-state index in [9.17, 15) is 15.2 Å².